The number of para-hydroxylation sites is 2. The number of imidazole rings is 1. The molecule has 0 spiro atoms. The van der Waals surface area contributed by atoms with Gasteiger partial charge in [0.1, 0.15) is 6.54 Å². The van der Waals surface area contributed by atoms with E-state index in [4.69, 9.17) is 4.74 Å². The van der Waals surface area contributed by atoms with E-state index in [0.717, 1.165) is 11.0 Å². The summed E-state index contributed by atoms with van der Waals surface area (Å²) in [5.41, 5.74) is 1.42. The zero-order chi connectivity index (χ0) is 19.4. The number of nitrogens with one attached hydrogen (secondary N) is 1. The van der Waals surface area contributed by atoms with E-state index in [-0.39, 0.29) is 30.3 Å². The van der Waals surface area contributed by atoms with Crippen molar-refractivity contribution in [2.75, 3.05) is 19.7 Å². The topological polar surface area (TPSA) is 85.6 Å². The fourth-order valence-electron chi connectivity index (χ4n) is 3.57. The third kappa shape index (κ3) is 3.99. The Morgan fingerprint density at radius 2 is 1.74 bits per heavy atom. The summed E-state index contributed by atoms with van der Waals surface area (Å²) in [5.74, 6) is -0.189. The van der Waals surface area contributed by atoms with Crippen molar-refractivity contribution in [3.8, 4) is 0 Å². The summed E-state index contributed by atoms with van der Waals surface area (Å²) in [5, 5.41) is 2.99. The summed E-state index contributed by atoms with van der Waals surface area (Å²) in [7, 11) is 0. The highest BCUT2D eigenvalue weighted by atomic mass is 16.6. The van der Waals surface area contributed by atoms with Gasteiger partial charge in [-0.25, -0.2) is 9.59 Å². The fourth-order valence-corrected chi connectivity index (χ4v) is 3.57. The second-order valence-corrected chi connectivity index (χ2v) is 6.63. The van der Waals surface area contributed by atoms with Gasteiger partial charge in [-0.05, 0) is 38.8 Å². The first-order valence-electron chi connectivity index (χ1n) is 9.44. The van der Waals surface area contributed by atoms with Crippen LogP contribution in [-0.4, -0.2) is 51.8 Å². The normalized spacial score (nSPS) is 15.1. The molecule has 1 aromatic carbocycles. The Balaban J connectivity index is 1.63. The molecule has 0 atom stereocenters. The molecule has 27 heavy (non-hydrogen) atoms. The zero-order valence-corrected chi connectivity index (χ0v) is 15.8. The third-order valence-electron chi connectivity index (χ3n) is 4.93. The number of nitrogens with zero attached hydrogens (tertiary/aromatic N) is 3. The number of rotatable bonds is 5. The molecule has 0 radical (unpaired) electrons. The molecule has 2 aromatic rings. The number of aromatic nitrogens is 2. The number of likely N-dealkylation sites (tertiary alicyclic amines) is 1. The molecule has 146 valence electrons. The lowest BCUT2D eigenvalue weighted by molar-refractivity contribution is -0.122. The lowest BCUT2D eigenvalue weighted by Crippen LogP contribution is -2.47. The second kappa shape index (κ2) is 8.28. The maximum atomic E-state index is 12.6. The second-order valence-electron chi connectivity index (χ2n) is 6.63. The SMILES string of the molecule is CCOC(=O)N1CCC(NC(=O)Cn2c(=O)n(CC)c3ccccc32)CC1. The molecule has 1 aliphatic heterocycles. The highest BCUT2D eigenvalue weighted by Gasteiger charge is 2.25. The van der Waals surface area contributed by atoms with Crippen LogP contribution < -0.4 is 11.0 Å². The lowest BCUT2D eigenvalue weighted by atomic mass is 10.1. The van der Waals surface area contributed by atoms with Crippen LogP contribution in [0, 0.1) is 0 Å². The van der Waals surface area contributed by atoms with Crippen LogP contribution in [-0.2, 0) is 22.6 Å². The molecule has 1 aromatic heterocycles. The maximum Gasteiger partial charge on any atom is 0.409 e. The van der Waals surface area contributed by atoms with Crippen molar-refractivity contribution in [1.82, 2.24) is 19.4 Å². The van der Waals surface area contributed by atoms with Gasteiger partial charge in [0.2, 0.25) is 5.91 Å². The van der Waals surface area contributed by atoms with E-state index in [1.165, 1.54) is 4.57 Å². The Morgan fingerprint density at radius 1 is 1.11 bits per heavy atom. The number of benzene rings is 1. The highest BCUT2D eigenvalue weighted by Crippen LogP contribution is 2.14. The molecule has 8 heteroatoms. The Hall–Kier alpha value is -2.77. The van der Waals surface area contributed by atoms with Gasteiger partial charge in [0.15, 0.2) is 0 Å². The summed E-state index contributed by atoms with van der Waals surface area (Å²) in [6.07, 6.45) is 1.05. The number of hydrogen-bond acceptors (Lipinski definition) is 4. The van der Waals surface area contributed by atoms with Gasteiger partial charge in [0, 0.05) is 25.7 Å². The average Bonchev–Trinajstić information content (AvgIpc) is 2.93. The Bertz CT molecular complexity index is 877. The van der Waals surface area contributed by atoms with E-state index < -0.39 is 0 Å². The predicted octanol–water partition coefficient (Wildman–Crippen LogP) is 1.56. The smallest absolute Gasteiger partial charge is 0.409 e. The number of carbonyl (C=O) groups is 2. The van der Waals surface area contributed by atoms with Gasteiger partial charge in [-0.1, -0.05) is 12.1 Å². The van der Waals surface area contributed by atoms with E-state index in [1.807, 2.05) is 31.2 Å². The van der Waals surface area contributed by atoms with E-state index in [0.29, 0.717) is 39.1 Å². The van der Waals surface area contributed by atoms with Crippen molar-refractivity contribution in [2.24, 2.45) is 0 Å². The van der Waals surface area contributed by atoms with Crippen LogP contribution in [0.25, 0.3) is 11.0 Å². The van der Waals surface area contributed by atoms with E-state index >= 15 is 0 Å². The van der Waals surface area contributed by atoms with Crippen LogP contribution in [0.5, 0.6) is 0 Å². The first-order valence-corrected chi connectivity index (χ1v) is 9.44. The standard InChI is InChI=1S/C19H26N4O4/c1-3-22-15-7-5-6-8-16(15)23(18(22)25)13-17(24)20-14-9-11-21(12-10-14)19(26)27-4-2/h5-8,14H,3-4,9-13H2,1-2H3,(H,20,24). The van der Waals surface area contributed by atoms with Crippen molar-refractivity contribution in [1.29, 1.82) is 0 Å². The number of carbonyl (C=O) groups excluding carboxylic acids is 2. The predicted molar refractivity (Wildman–Crippen MR) is 102 cm³/mol. The van der Waals surface area contributed by atoms with Crippen LogP contribution in [0.1, 0.15) is 26.7 Å². The molecular formula is C19H26N4O4. The molecule has 3 rings (SSSR count). The van der Waals surface area contributed by atoms with Gasteiger partial charge in [-0.2, -0.15) is 0 Å². The fraction of sp³-hybridized carbons (Fsp3) is 0.526. The molecular weight excluding hydrogens is 348 g/mol. The molecule has 2 amide bonds. The van der Waals surface area contributed by atoms with Crippen molar-refractivity contribution in [2.45, 2.75) is 45.8 Å². The van der Waals surface area contributed by atoms with Gasteiger partial charge >= 0.3 is 11.8 Å². The van der Waals surface area contributed by atoms with Gasteiger partial charge in [-0.3, -0.25) is 13.9 Å². The third-order valence-corrected chi connectivity index (χ3v) is 4.93. The van der Waals surface area contributed by atoms with Gasteiger partial charge in [0.25, 0.3) is 0 Å². The largest absolute Gasteiger partial charge is 0.450 e. The van der Waals surface area contributed by atoms with Crippen molar-refractivity contribution < 1.29 is 14.3 Å². The number of aryl methyl sites for hydroxylation is 1. The monoisotopic (exact) mass is 374 g/mol. The summed E-state index contributed by atoms with van der Waals surface area (Å²) in [4.78, 5) is 38.5. The molecule has 1 N–H and O–H groups in total. The van der Waals surface area contributed by atoms with E-state index in [2.05, 4.69) is 5.32 Å². The molecule has 0 aliphatic carbocycles. The van der Waals surface area contributed by atoms with Gasteiger partial charge < -0.3 is 15.0 Å². The average molecular weight is 374 g/mol. The minimum absolute atomic E-state index is 0.00148. The Labute approximate surface area is 157 Å². The lowest BCUT2D eigenvalue weighted by Gasteiger charge is -2.31. The van der Waals surface area contributed by atoms with Crippen LogP contribution in [0.3, 0.4) is 0 Å². The molecule has 0 saturated carbocycles. The molecule has 1 saturated heterocycles. The number of piperidine rings is 1. The Morgan fingerprint density at radius 3 is 2.33 bits per heavy atom. The maximum absolute atomic E-state index is 12.6. The van der Waals surface area contributed by atoms with Gasteiger partial charge in [-0.15, -0.1) is 0 Å². The molecule has 8 nitrogen and oxygen atoms in total. The minimum Gasteiger partial charge on any atom is -0.450 e. The van der Waals surface area contributed by atoms with E-state index in [1.54, 1.807) is 16.4 Å². The van der Waals surface area contributed by atoms with Crippen LogP contribution in [0.4, 0.5) is 4.79 Å². The molecule has 1 fully saturated rings. The molecule has 0 unspecified atom stereocenters. The first kappa shape index (κ1) is 19.0. The minimum atomic E-state index is -0.304. The van der Waals surface area contributed by atoms with Gasteiger partial charge in [0.05, 0.1) is 17.6 Å². The number of amides is 2. The van der Waals surface area contributed by atoms with Crippen LogP contribution in [0.15, 0.2) is 29.1 Å². The molecule has 2 heterocycles. The van der Waals surface area contributed by atoms with Crippen LogP contribution >= 0.6 is 0 Å². The molecule has 1 aliphatic rings. The Kier molecular flexibility index (Phi) is 5.83. The number of hydrogen-bond donors (Lipinski definition) is 1. The first-order chi connectivity index (χ1) is 13.0. The highest BCUT2D eigenvalue weighted by molar-refractivity contribution is 5.81. The quantitative estimate of drug-likeness (QED) is 0.861. The molecule has 0 bridgehead atoms. The van der Waals surface area contributed by atoms with Crippen molar-refractivity contribution in [3.63, 3.8) is 0 Å². The zero-order valence-electron chi connectivity index (χ0n) is 15.8. The van der Waals surface area contributed by atoms with Crippen LogP contribution in [0.2, 0.25) is 0 Å². The number of ether oxygens (including phenoxy) is 1. The summed E-state index contributed by atoms with van der Waals surface area (Å²) < 4.78 is 8.19. The van der Waals surface area contributed by atoms with Crippen molar-refractivity contribution in [3.05, 3.63) is 34.7 Å². The number of fused-ring (bicyclic) bond motifs is 1. The van der Waals surface area contributed by atoms with E-state index in [9.17, 15) is 14.4 Å². The summed E-state index contributed by atoms with van der Waals surface area (Å²) >= 11 is 0. The summed E-state index contributed by atoms with van der Waals surface area (Å²) in [6.45, 7) is 5.70. The summed E-state index contributed by atoms with van der Waals surface area (Å²) in [6, 6.07) is 7.49. The van der Waals surface area contributed by atoms with Crippen molar-refractivity contribution >= 4 is 23.0 Å².